The van der Waals surface area contributed by atoms with E-state index in [2.05, 4.69) is 0 Å². The number of imide groups is 1. The van der Waals surface area contributed by atoms with E-state index in [4.69, 9.17) is 21.1 Å². The summed E-state index contributed by atoms with van der Waals surface area (Å²) in [5.41, 5.74) is 0.971. The van der Waals surface area contributed by atoms with Crippen molar-refractivity contribution in [1.82, 2.24) is 0 Å². The average molecular weight is 348 g/mol. The zero-order valence-electron chi connectivity index (χ0n) is 13.4. The molecule has 3 amide bonds. The van der Waals surface area contributed by atoms with Gasteiger partial charge in [0.05, 0.1) is 21.3 Å². The Hall–Kier alpha value is -2.60. The van der Waals surface area contributed by atoms with Crippen molar-refractivity contribution in [3.8, 4) is 0 Å². The minimum Gasteiger partial charge on any atom is -0.493 e. The number of carbonyl (C=O) groups is 2. The number of rotatable bonds is 3. The molecule has 1 unspecified atom stereocenters. The average Bonchev–Trinajstić information content (AvgIpc) is 2.59. The van der Waals surface area contributed by atoms with Gasteiger partial charge < -0.3 is 9.47 Å². The highest BCUT2D eigenvalue weighted by Gasteiger charge is 2.48. The number of ether oxygens (including phenoxy) is 2. The number of halogens is 1. The molecular weight excluding hydrogens is 332 g/mol. The van der Waals surface area contributed by atoms with Crippen LogP contribution in [0.4, 0.5) is 10.5 Å². The topological polar surface area (TPSA) is 58.9 Å². The maximum atomic E-state index is 12.9. The summed E-state index contributed by atoms with van der Waals surface area (Å²) >= 11 is 5.99. The molecule has 0 bridgehead atoms. The lowest BCUT2D eigenvalue weighted by Gasteiger charge is -2.27. The van der Waals surface area contributed by atoms with E-state index in [1.165, 1.54) is 18.8 Å². The summed E-state index contributed by atoms with van der Waals surface area (Å²) in [6.45, 7) is 0. The Morgan fingerprint density at radius 3 is 2.50 bits per heavy atom. The molecule has 1 aliphatic carbocycles. The third-order valence-electron chi connectivity index (χ3n) is 4.02. The molecule has 1 aromatic rings. The van der Waals surface area contributed by atoms with Crippen molar-refractivity contribution >= 4 is 34.9 Å². The van der Waals surface area contributed by atoms with Crippen LogP contribution in [0.1, 0.15) is 0 Å². The van der Waals surface area contributed by atoms with Crippen LogP contribution in [-0.4, -0.2) is 43.5 Å². The normalized spacial score (nSPS) is 20.5. The maximum absolute atomic E-state index is 12.9. The Kier molecular flexibility index (Phi) is 4.15. The Balaban J connectivity index is 2.13. The van der Waals surface area contributed by atoms with Gasteiger partial charge in [-0.3, -0.25) is 0 Å². The van der Waals surface area contributed by atoms with Crippen molar-refractivity contribution in [2.75, 3.05) is 26.2 Å². The summed E-state index contributed by atoms with van der Waals surface area (Å²) in [4.78, 5) is 26.7. The smallest absolute Gasteiger partial charge is 0.493 e. The molecule has 6 nitrogen and oxygen atoms in total. The first kappa shape index (κ1) is 16.3. The van der Waals surface area contributed by atoms with Crippen LogP contribution in [-0.2, 0) is 14.3 Å². The molecule has 0 fully saturated rings. The summed E-state index contributed by atoms with van der Waals surface area (Å²) in [6.07, 6.45) is 3.30. The lowest BCUT2D eigenvalue weighted by molar-refractivity contribution is -0.394. The van der Waals surface area contributed by atoms with Crippen molar-refractivity contribution in [1.29, 1.82) is 0 Å². The Labute approximate surface area is 144 Å². The largest absolute Gasteiger partial charge is 0.505 e. The quantitative estimate of drug-likeness (QED) is 0.789. The number of allylic oxidation sites excluding steroid dienone is 1. The molecule has 0 radical (unpaired) electrons. The number of amides is 3. The SMILES string of the molecule is COC1=CC2=[N+](C)C(=O)N(c3cccc(Cl)c3)C(=O)C2C=C1OC. The minimum absolute atomic E-state index is 0.365. The fourth-order valence-electron chi connectivity index (χ4n) is 2.79. The van der Waals surface area contributed by atoms with Gasteiger partial charge in [-0.1, -0.05) is 17.7 Å². The molecule has 1 aromatic carbocycles. The van der Waals surface area contributed by atoms with Crippen molar-refractivity contribution in [3.63, 3.8) is 0 Å². The second-order valence-electron chi connectivity index (χ2n) is 5.35. The van der Waals surface area contributed by atoms with Crippen LogP contribution in [0.25, 0.3) is 0 Å². The summed E-state index contributed by atoms with van der Waals surface area (Å²) in [5, 5.41) is 0.448. The molecule has 1 heterocycles. The van der Waals surface area contributed by atoms with E-state index < -0.39 is 11.9 Å². The van der Waals surface area contributed by atoms with Crippen molar-refractivity contribution in [2.24, 2.45) is 5.92 Å². The predicted molar refractivity (Wildman–Crippen MR) is 89.2 cm³/mol. The first-order valence-electron chi connectivity index (χ1n) is 7.24. The van der Waals surface area contributed by atoms with Gasteiger partial charge >= 0.3 is 11.9 Å². The highest BCUT2D eigenvalue weighted by molar-refractivity contribution is 6.31. The lowest BCUT2D eigenvalue weighted by Crippen LogP contribution is -2.54. The minimum atomic E-state index is -0.638. The van der Waals surface area contributed by atoms with E-state index in [0.717, 1.165) is 4.90 Å². The van der Waals surface area contributed by atoms with Crippen LogP contribution < -0.4 is 4.90 Å². The van der Waals surface area contributed by atoms with Crippen LogP contribution >= 0.6 is 11.6 Å². The van der Waals surface area contributed by atoms with Gasteiger partial charge in [0, 0.05) is 17.2 Å². The molecule has 0 aromatic heterocycles. The zero-order chi connectivity index (χ0) is 17.4. The summed E-state index contributed by atoms with van der Waals surface area (Å²) < 4.78 is 12.0. The Bertz CT molecular complexity index is 826. The maximum Gasteiger partial charge on any atom is 0.505 e. The van der Waals surface area contributed by atoms with Crippen LogP contribution in [0, 0.1) is 5.92 Å². The van der Waals surface area contributed by atoms with Gasteiger partial charge in [-0.15, -0.1) is 4.90 Å². The Morgan fingerprint density at radius 2 is 1.88 bits per heavy atom. The van der Waals surface area contributed by atoms with E-state index in [1.807, 2.05) is 0 Å². The zero-order valence-corrected chi connectivity index (χ0v) is 14.2. The molecule has 3 rings (SSSR count). The number of carbonyl (C=O) groups excluding carboxylic acids is 2. The van der Waals surface area contributed by atoms with E-state index in [1.54, 1.807) is 43.5 Å². The van der Waals surface area contributed by atoms with Crippen LogP contribution in [0.5, 0.6) is 0 Å². The number of fused-ring (bicyclic) bond motifs is 1. The standard InChI is InChI=1S/C17H16ClN2O4/c1-19-13-9-15(24-3)14(23-2)8-12(13)16(21)20(17(19)22)11-6-4-5-10(18)7-11/h4-9,12H,1-3H3/q+1. The molecule has 0 spiro atoms. The summed E-state index contributed by atoms with van der Waals surface area (Å²) in [6, 6.07) is 6.17. The molecule has 7 heteroatoms. The van der Waals surface area contributed by atoms with Gasteiger partial charge in [0.25, 0.3) is 0 Å². The molecule has 24 heavy (non-hydrogen) atoms. The van der Waals surface area contributed by atoms with Crippen molar-refractivity contribution in [3.05, 3.63) is 53.0 Å². The number of anilines is 1. The Morgan fingerprint density at radius 1 is 1.17 bits per heavy atom. The summed E-state index contributed by atoms with van der Waals surface area (Å²) in [7, 11) is 4.62. The lowest BCUT2D eigenvalue weighted by atomic mass is 9.92. The molecule has 0 saturated heterocycles. The van der Waals surface area contributed by atoms with E-state index in [9.17, 15) is 9.59 Å². The highest BCUT2D eigenvalue weighted by atomic mass is 35.5. The second-order valence-corrected chi connectivity index (χ2v) is 5.78. The molecule has 1 aliphatic heterocycles. The number of benzene rings is 1. The van der Waals surface area contributed by atoms with Gasteiger partial charge in [-0.25, -0.2) is 4.79 Å². The fraction of sp³-hybridized carbons (Fsp3) is 0.235. The van der Waals surface area contributed by atoms with Crippen LogP contribution in [0.2, 0.25) is 5.02 Å². The van der Waals surface area contributed by atoms with Gasteiger partial charge in [-0.2, -0.15) is 9.37 Å². The number of nitrogens with zero attached hydrogens (tertiary/aromatic N) is 2. The van der Waals surface area contributed by atoms with Crippen LogP contribution in [0.3, 0.4) is 0 Å². The number of methoxy groups -OCH3 is 2. The molecule has 0 N–H and O–H groups in total. The van der Waals surface area contributed by atoms with Gasteiger partial charge in [0.1, 0.15) is 17.3 Å². The van der Waals surface area contributed by atoms with E-state index in [-0.39, 0.29) is 5.91 Å². The van der Waals surface area contributed by atoms with Crippen molar-refractivity contribution < 1.29 is 23.6 Å². The number of hydrogen-bond donors (Lipinski definition) is 0. The van der Waals surface area contributed by atoms with Crippen LogP contribution in [0.15, 0.2) is 47.9 Å². The summed E-state index contributed by atoms with van der Waals surface area (Å²) in [5.74, 6) is -0.0855. The fourth-order valence-corrected chi connectivity index (χ4v) is 2.98. The number of hydrogen-bond acceptors (Lipinski definition) is 4. The predicted octanol–water partition coefficient (Wildman–Crippen LogP) is 2.58. The highest BCUT2D eigenvalue weighted by Crippen LogP contribution is 2.30. The molecule has 0 saturated carbocycles. The first-order valence-corrected chi connectivity index (χ1v) is 7.61. The number of urea groups is 1. The first-order chi connectivity index (χ1) is 11.5. The third-order valence-corrected chi connectivity index (χ3v) is 4.25. The molecule has 124 valence electrons. The third kappa shape index (κ3) is 2.49. The monoisotopic (exact) mass is 347 g/mol. The second kappa shape index (κ2) is 6.13. The molecule has 2 aliphatic rings. The van der Waals surface area contributed by atoms with Gasteiger partial charge in [0.2, 0.25) is 0 Å². The van der Waals surface area contributed by atoms with Crippen molar-refractivity contribution in [2.45, 2.75) is 0 Å². The molecular formula is C17H16ClN2O4+. The van der Waals surface area contributed by atoms with Gasteiger partial charge in [-0.05, 0) is 18.2 Å². The van der Waals surface area contributed by atoms with E-state index >= 15 is 0 Å². The van der Waals surface area contributed by atoms with Gasteiger partial charge in [0.15, 0.2) is 11.5 Å². The van der Waals surface area contributed by atoms with E-state index in [0.29, 0.717) is 27.9 Å². The molecule has 1 atom stereocenters.